The van der Waals surface area contributed by atoms with Gasteiger partial charge in [-0.25, -0.2) is 12.8 Å². The lowest BCUT2D eigenvalue weighted by Crippen LogP contribution is -2.31. The fourth-order valence-corrected chi connectivity index (χ4v) is 5.84. The Morgan fingerprint density at radius 2 is 1.69 bits per heavy atom. The van der Waals surface area contributed by atoms with E-state index in [4.69, 9.17) is 0 Å². The minimum Gasteiger partial charge on any atom is -0.347 e. The summed E-state index contributed by atoms with van der Waals surface area (Å²) in [5.41, 5.74) is 0.361. The molecule has 26 heavy (non-hydrogen) atoms. The molecule has 8 heteroatoms. The summed E-state index contributed by atoms with van der Waals surface area (Å²) >= 11 is 1.18. The molecule has 2 heterocycles. The van der Waals surface area contributed by atoms with Gasteiger partial charge in [-0.05, 0) is 49.2 Å². The zero-order chi connectivity index (χ0) is 18.6. The van der Waals surface area contributed by atoms with Crippen LogP contribution in [0.4, 0.5) is 4.39 Å². The molecule has 5 nitrogen and oxygen atoms in total. The SMILES string of the molecule is O=C(NCc1ccc(S(=O)(=O)N2CCCCCC2)s1)c1ccc(F)cc1. The second-order valence-corrected chi connectivity index (χ2v) is 9.56. The highest BCUT2D eigenvalue weighted by atomic mass is 32.2. The molecule has 0 aliphatic carbocycles. The largest absolute Gasteiger partial charge is 0.347 e. The molecule has 0 unspecified atom stereocenters. The first-order valence-corrected chi connectivity index (χ1v) is 10.8. The number of benzene rings is 1. The van der Waals surface area contributed by atoms with Gasteiger partial charge >= 0.3 is 0 Å². The molecular weight excluding hydrogens is 375 g/mol. The highest BCUT2D eigenvalue weighted by Crippen LogP contribution is 2.26. The summed E-state index contributed by atoms with van der Waals surface area (Å²) in [6, 6.07) is 8.60. The van der Waals surface area contributed by atoms with E-state index in [0.29, 0.717) is 22.9 Å². The number of carbonyl (C=O) groups excluding carboxylic acids is 1. The molecular formula is C18H21FN2O3S2. The Morgan fingerprint density at radius 3 is 2.35 bits per heavy atom. The first-order chi connectivity index (χ1) is 12.5. The number of hydrogen-bond donors (Lipinski definition) is 1. The monoisotopic (exact) mass is 396 g/mol. The van der Waals surface area contributed by atoms with E-state index >= 15 is 0 Å². The molecule has 0 radical (unpaired) electrons. The van der Waals surface area contributed by atoms with Crippen molar-refractivity contribution in [3.05, 3.63) is 52.7 Å². The molecule has 0 saturated carbocycles. The van der Waals surface area contributed by atoms with Crippen LogP contribution in [-0.4, -0.2) is 31.7 Å². The zero-order valence-electron chi connectivity index (χ0n) is 14.3. The van der Waals surface area contributed by atoms with E-state index in [9.17, 15) is 17.6 Å². The van der Waals surface area contributed by atoms with Gasteiger partial charge in [0, 0.05) is 23.5 Å². The van der Waals surface area contributed by atoms with Crippen LogP contribution in [0.2, 0.25) is 0 Å². The van der Waals surface area contributed by atoms with Crippen LogP contribution in [0.3, 0.4) is 0 Å². The summed E-state index contributed by atoms with van der Waals surface area (Å²) in [6.45, 7) is 1.37. The number of amides is 1. The molecule has 1 aliphatic heterocycles. The average Bonchev–Trinajstić information content (AvgIpc) is 2.94. The van der Waals surface area contributed by atoms with E-state index in [0.717, 1.165) is 30.6 Å². The van der Waals surface area contributed by atoms with Gasteiger partial charge < -0.3 is 5.32 Å². The molecule has 3 rings (SSSR count). The Hall–Kier alpha value is -1.77. The number of rotatable bonds is 5. The van der Waals surface area contributed by atoms with Crippen LogP contribution in [-0.2, 0) is 16.6 Å². The highest BCUT2D eigenvalue weighted by Gasteiger charge is 2.26. The van der Waals surface area contributed by atoms with Crippen molar-refractivity contribution in [2.45, 2.75) is 36.4 Å². The maximum atomic E-state index is 12.9. The molecule has 0 bridgehead atoms. The molecule has 1 saturated heterocycles. The number of thiophene rings is 1. The maximum Gasteiger partial charge on any atom is 0.252 e. The molecule has 1 amide bonds. The molecule has 1 N–H and O–H groups in total. The van der Waals surface area contributed by atoms with Crippen LogP contribution < -0.4 is 5.32 Å². The van der Waals surface area contributed by atoms with E-state index < -0.39 is 15.8 Å². The third-order valence-electron chi connectivity index (χ3n) is 4.33. The van der Waals surface area contributed by atoms with Gasteiger partial charge in [-0.3, -0.25) is 4.79 Å². The van der Waals surface area contributed by atoms with Crippen molar-refractivity contribution >= 4 is 27.3 Å². The van der Waals surface area contributed by atoms with Crippen molar-refractivity contribution in [3.63, 3.8) is 0 Å². The van der Waals surface area contributed by atoms with Crippen molar-refractivity contribution in [2.75, 3.05) is 13.1 Å². The predicted molar refractivity (Wildman–Crippen MR) is 99.1 cm³/mol. The van der Waals surface area contributed by atoms with Gasteiger partial charge in [-0.15, -0.1) is 11.3 Å². The molecule has 1 fully saturated rings. The lowest BCUT2D eigenvalue weighted by atomic mass is 10.2. The zero-order valence-corrected chi connectivity index (χ0v) is 15.9. The second-order valence-electron chi connectivity index (χ2n) is 6.23. The van der Waals surface area contributed by atoms with Crippen molar-refractivity contribution in [3.8, 4) is 0 Å². The Kier molecular flexibility index (Phi) is 6.05. The Labute approximate surface area is 156 Å². The van der Waals surface area contributed by atoms with Gasteiger partial charge in [-0.1, -0.05) is 12.8 Å². The summed E-state index contributed by atoms with van der Waals surface area (Å²) < 4.78 is 40.3. The number of hydrogen-bond acceptors (Lipinski definition) is 4. The van der Waals surface area contributed by atoms with E-state index in [1.165, 1.54) is 35.6 Å². The lowest BCUT2D eigenvalue weighted by molar-refractivity contribution is 0.0951. The van der Waals surface area contributed by atoms with Crippen LogP contribution in [0.25, 0.3) is 0 Å². The molecule has 1 aromatic carbocycles. The number of carbonyl (C=O) groups is 1. The lowest BCUT2D eigenvalue weighted by Gasteiger charge is -2.18. The number of sulfonamides is 1. The van der Waals surface area contributed by atoms with Gasteiger partial charge in [-0.2, -0.15) is 4.31 Å². The molecule has 1 aliphatic rings. The normalized spacial score (nSPS) is 16.2. The van der Waals surface area contributed by atoms with Gasteiger partial charge in [0.2, 0.25) is 0 Å². The first-order valence-electron chi connectivity index (χ1n) is 8.59. The fraction of sp³-hybridized carbons (Fsp3) is 0.389. The standard InChI is InChI=1S/C18H21FN2O3S2/c19-15-7-5-14(6-8-15)18(22)20-13-16-9-10-17(25-16)26(23,24)21-11-3-1-2-4-12-21/h5-10H,1-4,11-13H2,(H,20,22). The maximum absolute atomic E-state index is 12.9. The highest BCUT2D eigenvalue weighted by molar-refractivity contribution is 7.91. The second kappa shape index (κ2) is 8.28. The van der Waals surface area contributed by atoms with Gasteiger partial charge in [0.25, 0.3) is 15.9 Å². The van der Waals surface area contributed by atoms with Crippen molar-refractivity contribution in [1.29, 1.82) is 0 Å². The van der Waals surface area contributed by atoms with Gasteiger partial charge in [0.05, 0.1) is 6.54 Å². The van der Waals surface area contributed by atoms with E-state index in [-0.39, 0.29) is 12.5 Å². The summed E-state index contributed by atoms with van der Waals surface area (Å²) in [5.74, 6) is -0.724. The van der Waals surface area contributed by atoms with Crippen LogP contribution >= 0.6 is 11.3 Å². The van der Waals surface area contributed by atoms with E-state index in [1.54, 1.807) is 16.4 Å². The molecule has 0 atom stereocenters. The summed E-state index contributed by atoms with van der Waals surface area (Å²) in [5, 5.41) is 2.73. The van der Waals surface area contributed by atoms with Crippen LogP contribution in [0, 0.1) is 5.82 Å². The Balaban J connectivity index is 1.63. The third kappa shape index (κ3) is 4.49. The topological polar surface area (TPSA) is 66.5 Å². The number of nitrogens with one attached hydrogen (secondary N) is 1. The summed E-state index contributed by atoms with van der Waals surface area (Å²) in [4.78, 5) is 12.8. The Bertz CT molecular complexity index is 855. The van der Waals surface area contributed by atoms with Gasteiger partial charge in [0.1, 0.15) is 10.0 Å². The van der Waals surface area contributed by atoms with Crippen molar-refractivity contribution in [1.82, 2.24) is 9.62 Å². The van der Waals surface area contributed by atoms with Crippen LogP contribution in [0.5, 0.6) is 0 Å². The minimum atomic E-state index is -3.46. The quantitative estimate of drug-likeness (QED) is 0.843. The fourth-order valence-electron chi connectivity index (χ4n) is 2.87. The molecule has 2 aromatic rings. The average molecular weight is 397 g/mol. The molecule has 140 valence electrons. The minimum absolute atomic E-state index is 0.233. The van der Waals surface area contributed by atoms with E-state index in [2.05, 4.69) is 5.32 Å². The predicted octanol–water partition coefficient (Wildman–Crippen LogP) is 3.38. The van der Waals surface area contributed by atoms with Gasteiger partial charge in [0.15, 0.2) is 0 Å². The summed E-state index contributed by atoms with van der Waals surface area (Å²) in [7, 11) is -3.46. The Morgan fingerprint density at radius 1 is 1.04 bits per heavy atom. The third-order valence-corrected chi connectivity index (χ3v) is 7.78. The molecule has 1 aromatic heterocycles. The van der Waals surface area contributed by atoms with E-state index in [1.807, 2.05) is 0 Å². The first kappa shape index (κ1) is 19.0. The molecule has 0 spiro atoms. The van der Waals surface area contributed by atoms with Crippen LogP contribution in [0.1, 0.15) is 40.9 Å². The van der Waals surface area contributed by atoms with Crippen molar-refractivity contribution < 1.29 is 17.6 Å². The smallest absolute Gasteiger partial charge is 0.252 e. The summed E-state index contributed by atoms with van der Waals surface area (Å²) in [6.07, 6.45) is 3.92. The van der Waals surface area contributed by atoms with Crippen LogP contribution in [0.15, 0.2) is 40.6 Å². The number of halogens is 1. The van der Waals surface area contributed by atoms with Crippen molar-refractivity contribution in [2.24, 2.45) is 0 Å². The number of nitrogens with zero attached hydrogens (tertiary/aromatic N) is 1.